The van der Waals surface area contributed by atoms with Gasteiger partial charge in [0.05, 0.1) is 6.42 Å². The van der Waals surface area contributed by atoms with E-state index < -0.39 is 11.6 Å². The monoisotopic (exact) mass is 247 g/mol. The predicted molar refractivity (Wildman–Crippen MR) is 65.1 cm³/mol. The molecule has 4 heteroatoms. The van der Waals surface area contributed by atoms with E-state index in [1.807, 2.05) is 6.07 Å². The van der Waals surface area contributed by atoms with Gasteiger partial charge in [-0.05, 0) is 23.8 Å². The minimum atomic E-state index is -0.710. The Balaban J connectivity index is 2.03. The molecule has 2 rings (SSSR count). The molecule has 2 aromatic rings. The number of rotatable bonds is 3. The van der Waals surface area contributed by atoms with Crippen molar-refractivity contribution in [1.29, 1.82) is 0 Å². The molecule has 0 atom stereocenters. The van der Waals surface area contributed by atoms with Gasteiger partial charge in [0.2, 0.25) is 5.91 Å². The zero-order valence-corrected chi connectivity index (χ0v) is 9.49. The molecule has 0 heterocycles. The van der Waals surface area contributed by atoms with Crippen molar-refractivity contribution in [3.05, 3.63) is 65.7 Å². The first kappa shape index (κ1) is 12.2. The highest BCUT2D eigenvalue weighted by Crippen LogP contribution is 2.12. The van der Waals surface area contributed by atoms with Crippen LogP contribution in [0.3, 0.4) is 0 Å². The lowest BCUT2D eigenvalue weighted by molar-refractivity contribution is -0.115. The number of carbonyl (C=O) groups excluding carboxylic acids is 1. The lowest BCUT2D eigenvalue weighted by Crippen LogP contribution is -2.15. The molecule has 0 saturated carbocycles. The van der Waals surface area contributed by atoms with Gasteiger partial charge in [0.25, 0.3) is 0 Å². The minimum Gasteiger partial charge on any atom is -0.326 e. The van der Waals surface area contributed by atoms with E-state index in [4.69, 9.17) is 0 Å². The van der Waals surface area contributed by atoms with Crippen LogP contribution >= 0.6 is 0 Å². The maximum Gasteiger partial charge on any atom is 0.228 e. The van der Waals surface area contributed by atoms with E-state index in [-0.39, 0.29) is 17.9 Å². The van der Waals surface area contributed by atoms with Gasteiger partial charge in [0, 0.05) is 11.8 Å². The average Bonchev–Trinajstić information content (AvgIpc) is 2.34. The molecule has 18 heavy (non-hydrogen) atoms. The van der Waals surface area contributed by atoms with Crippen LogP contribution in [0.4, 0.5) is 14.5 Å². The second-order valence-electron chi connectivity index (χ2n) is 3.83. The van der Waals surface area contributed by atoms with Gasteiger partial charge in [0.1, 0.15) is 11.6 Å². The van der Waals surface area contributed by atoms with Crippen molar-refractivity contribution in [3.8, 4) is 0 Å². The van der Waals surface area contributed by atoms with Crippen molar-refractivity contribution in [3.63, 3.8) is 0 Å². The summed E-state index contributed by atoms with van der Waals surface area (Å²) in [6, 6.07) is 12.0. The molecule has 0 aliphatic carbocycles. The largest absolute Gasteiger partial charge is 0.326 e. The Labute approximate surface area is 103 Å². The fraction of sp³-hybridized carbons (Fsp3) is 0.0714. The molecule has 0 radical (unpaired) electrons. The van der Waals surface area contributed by atoms with Crippen molar-refractivity contribution in [2.45, 2.75) is 6.42 Å². The first-order valence-corrected chi connectivity index (χ1v) is 5.44. The summed E-state index contributed by atoms with van der Waals surface area (Å²) >= 11 is 0. The van der Waals surface area contributed by atoms with Crippen LogP contribution in [0.25, 0.3) is 0 Å². The lowest BCUT2D eigenvalue weighted by Gasteiger charge is -2.05. The summed E-state index contributed by atoms with van der Waals surface area (Å²) in [5, 5.41) is 2.63. The Morgan fingerprint density at radius 1 is 1.06 bits per heavy atom. The normalized spacial score (nSPS) is 10.1. The Morgan fingerprint density at radius 3 is 2.44 bits per heavy atom. The van der Waals surface area contributed by atoms with Crippen molar-refractivity contribution in [2.75, 3.05) is 5.32 Å². The molecular formula is C14H11F2NO. The van der Waals surface area contributed by atoms with Crippen molar-refractivity contribution < 1.29 is 13.6 Å². The summed E-state index contributed by atoms with van der Waals surface area (Å²) in [7, 11) is 0. The number of hydrogen-bond donors (Lipinski definition) is 1. The third-order valence-electron chi connectivity index (χ3n) is 2.42. The van der Waals surface area contributed by atoms with Gasteiger partial charge in [-0.15, -0.1) is 0 Å². The molecular weight excluding hydrogens is 236 g/mol. The van der Waals surface area contributed by atoms with Crippen LogP contribution < -0.4 is 5.32 Å². The highest BCUT2D eigenvalue weighted by molar-refractivity contribution is 5.92. The molecule has 0 spiro atoms. The van der Waals surface area contributed by atoms with Crippen LogP contribution in [-0.4, -0.2) is 5.91 Å². The number of benzene rings is 2. The summed E-state index contributed by atoms with van der Waals surface area (Å²) in [6.07, 6.45) is -0.124. The molecule has 2 aromatic carbocycles. The SMILES string of the molecule is O=C(Cc1ccc(F)cc1F)Nc1ccccc1. The molecule has 0 aliphatic rings. The van der Waals surface area contributed by atoms with Crippen LogP contribution in [0, 0.1) is 11.6 Å². The summed E-state index contributed by atoms with van der Waals surface area (Å²) in [6.45, 7) is 0. The van der Waals surface area contributed by atoms with E-state index in [0.29, 0.717) is 5.69 Å². The van der Waals surface area contributed by atoms with Crippen LogP contribution in [0.15, 0.2) is 48.5 Å². The van der Waals surface area contributed by atoms with Crippen LogP contribution in [0.2, 0.25) is 0 Å². The standard InChI is InChI=1S/C14H11F2NO/c15-11-7-6-10(13(16)9-11)8-14(18)17-12-4-2-1-3-5-12/h1-7,9H,8H2,(H,17,18). The quantitative estimate of drug-likeness (QED) is 0.886. The lowest BCUT2D eigenvalue weighted by atomic mass is 10.1. The van der Waals surface area contributed by atoms with Crippen LogP contribution in [0.5, 0.6) is 0 Å². The zero-order chi connectivity index (χ0) is 13.0. The van der Waals surface area contributed by atoms with Crippen molar-refractivity contribution >= 4 is 11.6 Å². The van der Waals surface area contributed by atoms with E-state index in [9.17, 15) is 13.6 Å². The van der Waals surface area contributed by atoms with Gasteiger partial charge in [-0.25, -0.2) is 8.78 Å². The molecule has 1 N–H and O–H groups in total. The molecule has 0 aromatic heterocycles. The molecule has 0 fully saturated rings. The predicted octanol–water partition coefficient (Wildman–Crippen LogP) is 3.15. The third-order valence-corrected chi connectivity index (χ3v) is 2.42. The number of halogens is 2. The molecule has 2 nitrogen and oxygen atoms in total. The maximum atomic E-state index is 13.3. The Bertz CT molecular complexity index is 555. The molecule has 0 saturated heterocycles. The van der Waals surface area contributed by atoms with Gasteiger partial charge >= 0.3 is 0 Å². The Hall–Kier alpha value is -2.23. The number of nitrogens with one attached hydrogen (secondary N) is 1. The van der Waals surface area contributed by atoms with E-state index in [0.717, 1.165) is 12.1 Å². The van der Waals surface area contributed by atoms with E-state index in [1.54, 1.807) is 24.3 Å². The first-order chi connectivity index (χ1) is 8.65. The van der Waals surface area contributed by atoms with Gasteiger partial charge in [0.15, 0.2) is 0 Å². The topological polar surface area (TPSA) is 29.1 Å². The number of amides is 1. The second kappa shape index (κ2) is 5.40. The van der Waals surface area contributed by atoms with Gasteiger partial charge < -0.3 is 5.32 Å². The second-order valence-corrected chi connectivity index (χ2v) is 3.83. The highest BCUT2D eigenvalue weighted by Gasteiger charge is 2.09. The number of carbonyl (C=O) groups is 1. The molecule has 92 valence electrons. The summed E-state index contributed by atoms with van der Waals surface area (Å²) < 4.78 is 26.0. The first-order valence-electron chi connectivity index (χ1n) is 5.44. The fourth-order valence-electron chi connectivity index (χ4n) is 1.56. The molecule has 0 unspecified atom stereocenters. The number of hydrogen-bond acceptors (Lipinski definition) is 1. The van der Waals surface area contributed by atoms with E-state index >= 15 is 0 Å². The minimum absolute atomic E-state index is 0.124. The Kier molecular flexibility index (Phi) is 3.67. The average molecular weight is 247 g/mol. The van der Waals surface area contributed by atoms with Gasteiger partial charge in [-0.1, -0.05) is 24.3 Å². The van der Waals surface area contributed by atoms with E-state index in [2.05, 4.69) is 5.32 Å². The van der Waals surface area contributed by atoms with Crippen LogP contribution in [0.1, 0.15) is 5.56 Å². The highest BCUT2D eigenvalue weighted by atomic mass is 19.1. The van der Waals surface area contributed by atoms with E-state index in [1.165, 1.54) is 6.07 Å². The Morgan fingerprint density at radius 2 is 1.78 bits per heavy atom. The maximum absolute atomic E-state index is 13.3. The summed E-state index contributed by atoms with van der Waals surface area (Å²) in [4.78, 5) is 11.6. The van der Waals surface area contributed by atoms with Gasteiger partial charge in [-0.3, -0.25) is 4.79 Å². The van der Waals surface area contributed by atoms with Crippen LogP contribution in [-0.2, 0) is 11.2 Å². The van der Waals surface area contributed by atoms with Gasteiger partial charge in [-0.2, -0.15) is 0 Å². The van der Waals surface area contributed by atoms with Crippen molar-refractivity contribution in [1.82, 2.24) is 0 Å². The summed E-state index contributed by atoms with van der Waals surface area (Å²) in [5.41, 5.74) is 0.815. The zero-order valence-electron chi connectivity index (χ0n) is 9.49. The smallest absolute Gasteiger partial charge is 0.228 e. The summed E-state index contributed by atoms with van der Waals surface area (Å²) in [5.74, 6) is -1.70. The number of para-hydroxylation sites is 1. The van der Waals surface area contributed by atoms with Crippen molar-refractivity contribution in [2.24, 2.45) is 0 Å². The fourth-order valence-corrected chi connectivity index (χ4v) is 1.56. The third kappa shape index (κ3) is 3.13. The molecule has 0 aliphatic heterocycles. The number of anilines is 1. The molecule has 0 bridgehead atoms. The molecule has 1 amide bonds.